The highest BCUT2D eigenvalue weighted by Crippen LogP contribution is 2.24. The number of piperidine rings is 1. The van der Waals surface area contributed by atoms with E-state index in [9.17, 15) is 4.79 Å². The number of rotatable bonds is 7. The first-order valence-electron chi connectivity index (χ1n) is 7.16. The fourth-order valence-corrected chi connectivity index (χ4v) is 2.62. The lowest BCUT2D eigenvalue weighted by Crippen LogP contribution is -2.39. The number of carbonyl (C=O) groups is 1. The van der Waals surface area contributed by atoms with Crippen LogP contribution in [-0.2, 0) is 9.53 Å². The van der Waals surface area contributed by atoms with E-state index in [-0.39, 0.29) is 24.4 Å². The molecule has 2 N–H and O–H groups in total. The summed E-state index contributed by atoms with van der Waals surface area (Å²) in [6, 6.07) is 0.155. The first kappa shape index (κ1) is 18.7. The molecule has 0 aromatic carbocycles. The SMILES string of the molecule is CCC(COC)NC(=O)CC(C)C1CCNCC1.Cl. The molecule has 4 nitrogen and oxygen atoms in total. The lowest BCUT2D eigenvalue weighted by atomic mass is 9.84. The molecule has 114 valence electrons. The summed E-state index contributed by atoms with van der Waals surface area (Å²) < 4.78 is 5.09. The number of nitrogens with one attached hydrogen (secondary N) is 2. The molecule has 5 heteroatoms. The molecule has 0 aromatic rings. The van der Waals surface area contributed by atoms with Gasteiger partial charge in [0.05, 0.1) is 12.6 Å². The normalized spacial score (nSPS) is 19.3. The van der Waals surface area contributed by atoms with Gasteiger partial charge >= 0.3 is 0 Å². The Morgan fingerprint density at radius 2 is 2.05 bits per heavy atom. The van der Waals surface area contributed by atoms with Gasteiger partial charge in [-0.25, -0.2) is 0 Å². The van der Waals surface area contributed by atoms with E-state index in [0.717, 1.165) is 19.5 Å². The molecular formula is C14H29ClN2O2. The minimum absolute atomic E-state index is 0. The van der Waals surface area contributed by atoms with Gasteiger partial charge in [-0.3, -0.25) is 4.79 Å². The summed E-state index contributed by atoms with van der Waals surface area (Å²) in [6.07, 6.45) is 3.96. The van der Waals surface area contributed by atoms with Gasteiger partial charge in [-0.05, 0) is 44.2 Å². The Hall–Kier alpha value is -0.320. The zero-order valence-electron chi connectivity index (χ0n) is 12.4. The lowest BCUT2D eigenvalue weighted by Gasteiger charge is -2.28. The summed E-state index contributed by atoms with van der Waals surface area (Å²) in [4.78, 5) is 12.0. The quantitative estimate of drug-likeness (QED) is 0.754. The van der Waals surface area contributed by atoms with E-state index in [2.05, 4.69) is 24.5 Å². The van der Waals surface area contributed by atoms with E-state index in [1.54, 1.807) is 7.11 Å². The zero-order chi connectivity index (χ0) is 13.4. The molecule has 2 atom stereocenters. The Labute approximate surface area is 123 Å². The van der Waals surface area contributed by atoms with E-state index in [0.29, 0.717) is 24.9 Å². The van der Waals surface area contributed by atoms with Gasteiger partial charge in [0.15, 0.2) is 0 Å². The average molecular weight is 293 g/mol. The van der Waals surface area contributed by atoms with Crippen LogP contribution in [0.5, 0.6) is 0 Å². The van der Waals surface area contributed by atoms with Gasteiger partial charge in [-0.2, -0.15) is 0 Å². The predicted molar refractivity (Wildman–Crippen MR) is 80.7 cm³/mol. The molecule has 1 fully saturated rings. The zero-order valence-corrected chi connectivity index (χ0v) is 13.2. The number of amides is 1. The number of carbonyl (C=O) groups excluding carboxylic acids is 1. The average Bonchev–Trinajstić information content (AvgIpc) is 2.39. The van der Waals surface area contributed by atoms with E-state index >= 15 is 0 Å². The third-order valence-electron chi connectivity index (χ3n) is 3.92. The predicted octanol–water partition coefficient (Wildman–Crippen LogP) is 1.98. The van der Waals surface area contributed by atoms with Gasteiger partial charge in [0, 0.05) is 13.5 Å². The van der Waals surface area contributed by atoms with Gasteiger partial charge in [0.2, 0.25) is 5.91 Å². The number of hydrogen-bond donors (Lipinski definition) is 2. The molecule has 19 heavy (non-hydrogen) atoms. The first-order valence-corrected chi connectivity index (χ1v) is 7.16. The monoisotopic (exact) mass is 292 g/mol. The van der Waals surface area contributed by atoms with Crippen molar-refractivity contribution in [2.45, 2.75) is 45.6 Å². The maximum Gasteiger partial charge on any atom is 0.220 e. The fourth-order valence-electron chi connectivity index (χ4n) is 2.62. The second-order valence-corrected chi connectivity index (χ2v) is 5.40. The molecule has 0 radical (unpaired) electrons. The highest BCUT2D eigenvalue weighted by molar-refractivity contribution is 5.85. The van der Waals surface area contributed by atoms with Crippen molar-refractivity contribution in [3.8, 4) is 0 Å². The molecule has 0 aromatic heterocycles. The van der Waals surface area contributed by atoms with Crippen LogP contribution in [0.2, 0.25) is 0 Å². The van der Waals surface area contributed by atoms with Gasteiger partial charge in [0.25, 0.3) is 0 Å². The molecule has 1 aliphatic rings. The fraction of sp³-hybridized carbons (Fsp3) is 0.929. The second-order valence-electron chi connectivity index (χ2n) is 5.40. The highest BCUT2D eigenvalue weighted by atomic mass is 35.5. The molecule has 0 spiro atoms. The maximum atomic E-state index is 12.0. The van der Waals surface area contributed by atoms with E-state index < -0.39 is 0 Å². The van der Waals surface area contributed by atoms with Gasteiger partial charge in [0.1, 0.15) is 0 Å². The molecule has 1 aliphatic heterocycles. The minimum Gasteiger partial charge on any atom is -0.383 e. The molecule has 0 saturated carbocycles. The Morgan fingerprint density at radius 1 is 1.42 bits per heavy atom. The number of halogens is 1. The van der Waals surface area contributed by atoms with Crippen molar-refractivity contribution in [2.24, 2.45) is 11.8 Å². The summed E-state index contributed by atoms with van der Waals surface area (Å²) in [5.74, 6) is 1.34. The van der Waals surface area contributed by atoms with E-state index in [1.807, 2.05) is 0 Å². The number of hydrogen-bond acceptors (Lipinski definition) is 3. The Balaban J connectivity index is 0.00000324. The Morgan fingerprint density at radius 3 is 2.58 bits per heavy atom. The molecule has 0 bridgehead atoms. The van der Waals surface area contributed by atoms with Crippen LogP contribution in [0.15, 0.2) is 0 Å². The van der Waals surface area contributed by atoms with Crippen molar-refractivity contribution in [1.82, 2.24) is 10.6 Å². The summed E-state index contributed by atoms with van der Waals surface area (Å²) in [5, 5.41) is 6.42. The number of methoxy groups -OCH3 is 1. The van der Waals surface area contributed by atoms with Gasteiger partial charge in [-0.1, -0.05) is 13.8 Å². The second kappa shape index (κ2) is 10.5. The van der Waals surface area contributed by atoms with Gasteiger partial charge in [-0.15, -0.1) is 12.4 Å². The van der Waals surface area contributed by atoms with Crippen molar-refractivity contribution in [3.05, 3.63) is 0 Å². The van der Waals surface area contributed by atoms with Crippen LogP contribution in [0, 0.1) is 11.8 Å². The van der Waals surface area contributed by atoms with Crippen LogP contribution in [-0.4, -0.2) is 38.8 Å². The topological polar surface area (TPSA) is 50.4 Å². The molecule has 1 rings (SSSR count). The van der Waals surface area contributed by atoms with Crippen molar-refractivity contribution in [3.63, 3.8) is 0 Å². The van der Waals surface area contributed by atoms with Crippen LogP contribution in [0.3, 0.4) is 0 Å². The van der Waals surface area contributed by atoms with Crippen molar-refractivity contribution in [2.75, 3.05) is 26.8 Å². The van der Waals surface area contributed by atoms with Crippen molar-refractivity contribution >= 4 is 18.3 Å². The molecule has 1 heterocycles. The minimum atomic E-state index is 0. The summed E-state index contributed by atoms with van der Waals surface area (Å²) >= 11 is 0. The third-order valence-corrected chi connectivity index (χ3v) is 3.92. The number of ether oxygens (including phenoxy) is 1. The Bertz CT molecular complexity index is 246. The van der Waals surface area contributed by atoms with E-state index in [4.69, 9.17) is 4.74 Å². The molecule has 1 amide bonds. The summed E-state index contributed by atoms with van der Waals surface area (Å²) in [7, 11) is 1.67. The Kier molecular flexibility index (Phi) is 10.3. The smallest absolute Gasteiger partial charge is 0.220 e. The largest absolute Gasteiger partial charge is 0.383 e. The maximum absolute atomic E-state index is 12.0. The first-order chi connectivity index (χ1) is 8.67. The lowest BCUT2D eigenvalue weighted by molar-refractivity contribution is -0.123. The van der Waals surface area contributed by atoms with Crippen LogP contribution >= 0.6 is 12.4 Å². The third kappa shape index (κ3) is 7.14. The van der Waals surface area contributed by atoms with Crippen molar-refractivity contribution < 1.29 is 9.53 Å². The van der Waals surface area contributed by atoms with Crippen LogP contribution in [0.25, 0.3) is 0 Å². The highest BCUT2D eigenvalue weighted by Gasteiger charge is 2.22. The standard InChI is InChI=1S/C14H28N2O2.ClH/c1-4-13(10-18-3)16-14(17)9-11(2)12-5-7-15-8-6-12;/h11-13,15H,4-10H2,1-3H3,(H,16,17);1H. The summed E-state index contributed by atoms with van der Waals surface area (Å²) in [6.45, 7) is 7.06. The summed E-state index contributed by atoms with van der Waals surface area (Å²) in [5.41, 5.74) is 0. The molecule has 1 saturated heterocycles. The van der Waals surface area contributed by atoms with E-state index in [1.165, 1.54) is 12.8 Å². The molecular weight excluding hydrogens is 264 g/mol. The van der Waals surface area contributed by atoms with Crippen LogP contribution < -0.4 is 10.6 Å². The molecule has 0 aliphatic carbocycles. The van der Waals surface area contributed by atoms with Crippen molar-refractivity contribution in [1.29, 1.82) is 0 Å². The van der Waals surface area contributed by atoms with Gasteiger partial charge < -0.3 is 15.4 Å². The van der Waals surface area contributed by atoms with Crippen LogP contribution in [0.1, 0.15) is 39.5 Å². The van der Waals surface area contributed by atoms with Crippen LogP contribution in [0.4, 0.5) is 0 Å². The molecule has 2 unspecified atom stereocenters.